The van der Waals surface area contributed by atoms with E-state index in [1.807, 2.05) is 5.38 Å². The van der Waals surface area contributed by atoms with Gasteiger partial charge in [-0.1, -0.05) is 4.49 Å². The number of carbonyl (C=O) groups excluding carboxylic acids is 1. The largest absolute Gasteiger partial charge is 0.379 e. The molecule has 2 rings (SSSR count). The molecule has 0 radical (unpaired) electrons. The van der Waals surface area contributed by atoms with Gasteiger partial charge in [0.1, 0.15) is 0 Å². The Bertz CT molecular complexity index is 466. The van der Waals surface area contributed by atoms with Crippen LogP contribution in [0.5, 0.6) is 0 Å². The number of amides is 1. The maximum Gasteiger partial charge on any atom is 0.248 e. The van der Waals surface area contributed by atoms with Crippen LogP contribution in [0.3, 0.4) is 0 Å². The van der Waals surface area contributed by atoms with Crippen molar-refractivity contribution < 1.29 is 4.79 Å². The van der Waals surface area contributed by atoms with Crippen LogP contribution in [-0.2, 0) is 6.54 Å². The standard InChI is InChI=1S/C10H10N4OS/c11-10(15)7-1-3-8(4-2-7)12-5-9-6-16-14-13-9/h1-4,6,12H,5H2,(H2,11,15). The number of nitrogens with zero attached hydrogens (tertiary/aromatic N) is 2. The lowest BCUT2D eigenvalue weighted by molar-refractivity contribution is 0.100. The number of anilines is 1. The van der Waals surface area contributed by atoms with E-state index >= 15 is 0 Å². The fraction of sp³-hybridized carbons (Fsp3) is 0.100. The number of nitrogens with one attached hydrogen (secondary N) is 1. The van der Waals surface area contributed by atoms with Crippen molar-refractivity contribution in [3.63, 3.8) is 0 Å². The predicted molar refractivity (Wildman–Crippen MR) is 62.2 cm³/mol. The molecular formula is C10H10N4OS. The fourth-order valence-corrected chi connectivity index (χ4v) is 1.66. The van der Waals surface area contributed by atoms with Gasteiger partial charge in [-0.2, -0.15) is 0 Å². The first-order valence-electron chi connectivity index (χ1n) is 4.65. The van der Waals surface area contributed by atoms with Crippen molar-refractivity contribution in [2.24, 2.45) is 5.73 Å². The molecule has 0 saturated carbocycles. The second-order valence-electron chi connectivity index (χ2n) is 3.19. The minimum Gasteiger partial charge on any atom is -0.379 e. The first-order chi connectivity index (χ1) is 7.75. The zero-order valence-corrected chi connectivity index (χ0v) is 9.20. The smallest absolute Gasteiger partial charge is 0.248 e. The Morgan fingerprint density at radius 2 is 2.12 bits per heavy atom. The second-order valence-corrected chi connectivity index (χ2v) is 3.80. The van der Waals surface area contributed by atoms with Crippen molar-refractivity contribution in [2.75, 3.05) is 5.32 Å². The quantitative estimate of drug-likeness (QED) is 0.834. The summed E-state index contributed by atoms with van der Waals surface area (Å²) < 4.78 is 3.76. The Balaban J connectivity index is 1.98. The Morgan fingerprint density at radius 3 is 2.69 bits per heavy atom. The third kappa shape index (κ3) is 2.54. The summed E-state index contributed by atoms with van der Waals surface area (Å²) in [6.45, 7) is 0.617. The van der Waals surface area contributed by atoms with E-state index in [0.717, 1.165) is 11.4 Å². The highest BCUT2D eigenvalue weighted by Crippen LogP contribution is 2.10. The van der Waals surface area contributed by atoms with Crippen LogP contribution in [0.25, 0.3) is 0 Å². The average Bonchev–Trinajstić information content (AvgIpc) is 2.80. The number of carbonyl (C=O) groups is 1. The number of primary amides is 1. The van der Waals surface area contributed by atoms with Crippen LogP contribution in [0.4, 0.5) is 5.69 Å². The number of hydrogen-bond donors (Lipinski definition) is 2. The first kappa shape index (κ1) is 10.6. The lowest BCUT2D eigenvalue weighted by Crippen LogP contribution is -2.10. The molecule has 1 aromatic carbocycles. The minimum atomic E-state index is -0.421. The summed E-state index contributed by atoms with van der Waals surface area (Å²) in [6, 6.07) is 6.98. The molecule has 1 amide bonds. The maximum atomic E-state index is 10.8. The van der Waals surface area contributed by atoms with E-state index in [1.165, 1.54) is 11.5 Å². The van der Waals surface area contributed by atoms with E-state index in [-0.39, 0.29) is 0 Å². The SMILES string of the molecule is NC(=O)c1ccc(NCc2csnn2)cc1. The molecule has 2 aromatic rings. The Kier molecular flexibility index (Phi) is 3.11. The van der Waals surface area contributed by atoms with Crippen molar-refractivity contribution in [1.82, 2.24) is 9.59 Å². The van der Waals surface area contributed by atoms with Gasteiger partial charge in [0.15, 0.2) is 0 Å². The third-order valence-corrected chi connectivity index (χ3v) is 2.60. The minimum absolute atomic E-state index is 0.421. The molecule has 1 heterocycles. The highest BCUT2D eigenvalue weighted by Gasteiger charge is 2.00. The normalized spacial score (nSPS) is 10.0. The zero-order valence-electron chi connectivity index (χ0n) is 8.38. The Hall–Kier alpha value is -1.95. The van der Waals surface area contributed by atoms with Crippen molar-refractivity contribution >= 4 is 23.1 Å². The van der Waals surface area contributed by atoms with E-state index in [9.17, 15) is 4.79 Å². The van der Waals surface area contributed by atoms with Crippen molar-refractivity contribution in [3.8, 4) is 0 Å². The van der Waals surface area contributed by atoms with Crippen LogP contribution in [-0.4, -0.2) is 15.5 Å². The molecule has 0 aliphatic heterocycles. The number of rotatable bonds is 4. The summed E-state index contributed by atoms with van der Waals surface area (Å²) in [5.74, 6) is -0.421. The summed E-state index contributed by atoms with van der Waals surface area (Å²) in [4.78, 5) is 10.8. The monoisotopic (exact) mass is 234 g/mol. The summed E-state index contributed by atoms with van der Waals surface area (Å²) in [7, 11) is 0. The van der Waals surface area contributed by atoms with E-state index < -0.39 is 5.91 Å². The fourth-order valence-electron chi connectivity index (χ4n) is 1.21. The van der Waals surface area contributed by atoms with Gasteiger partial charge in [0.2, 0.25) is 5.91 Å². The van der Waals surface area contributed by atoms with E-state index in [4.69, 9.17) is 5.73 Å². The maximum absolute atomic E-state index is 10.8. The van der Waals surface area contributed by atoms with Crippen LogP contribution in [0.1, 0.15) is 16.1 Å². The summed E-state index contributed by atoms with van der Waals surface area (Å²) >= 11 is 1.32. The van der Waals surface area contributed by atoms with Gasteiger partial charge < -0.3 is 11.1 Å². The summed E-state index contributed by atoms with van der Waals surface area (Å²) in [5, 5.41) is 8.95. The van der Waals surface area contributed by atoms with Gasteiger partial charge in [-0.25, -0.2) is 0 Å². The van der Waals surface area contributed by atoms with Crippen LogP contribution in [0, 0.1) is 0 Å². The van der Waals surface area contributed by atoms with Crippen molar-refractivity contribution in [3.05, 3.63) is 40.9 Å². The molecule has 0 unspecified atom stereocenters. The average molecular weight is 234 g/mol. The molecule has 1 aromatic heterocycles. The summed E-state index contributed by atoms with van der Waals surface area (Å²) in [6.07, 6.45) is 0. The second kappa shape index (κ2) is 4.71. The molecule has 16 heavy (non-hydrogen) atoms. The molecule has 0 aliphatic rings. The molecule has 0 fully saturated rings. The van der Waals surface area contributed by atoms with Crippen LogP contribution in [0.15, 0.2) is 29.6 Å². The van der Waals surface area contributed by atoms with Gasteiger partial charge in [0, 0.05) is 16.6 Å². The van der Waals surface area contributed by atoms with Gasteiger partial charge in [-0.15, -0.1) is 5.10 Å². The van der Waals surface area contributed by atoms with Gasteiger partial charge in [-0.05, 0) is 35.8 Å². The molecule has 0 atom stereocenters. The van der Waals surface area contributed by atoms with Gasteiger partial charge in [-0.3, -0.25) is 4.79 Å². The summed E-state index contributed by atoms with van der Waals surface area (Å²) in [5.41, 5.74) is 7.45. The molecule has 6 heteroatoms. The van der Waals surface area contributed by atoms with Crippen molar-refractivity contribution in [1.29, 1.82) is 0 Å². The molecular weight excluding hydrogens is 224 g/mol. The topological polar surface area (TPSA) is 80.9 Å². The molecule has 3 N–H and O–H groups in total. The molecule has 0 aliphatic carbocycles. The molecule has 0 saturated heterocycles. The highest BCUT2D eigenvalue weighted by molar-refractivity contribution is 7.03. The highest BCUT2D eigenvalue weighted by atomic mass is 32.1. The van der Waals surface area contributed by atoms with E-state index in [1.54, 1.807) is 24.3 Å². The van der Waals surface area contributed by atoms with Crippen LogP contribution >= 0.6 is 11.5 Å². The molecule has 0 spiro atoms. The molecule has 0 bridgehead atoms. The van der Waals surface area contributed by atoms with Gasteiger partial charge in [0.25, 0.3) is 0 Å². The first-order valence-corrected chi connectivity index (χ1v) is 5.49. The Labute approximate surface area is 96.5 Å². The van der Waals surface area contributed by atoms with Crippen molar-refractivity contribution in [2.45, 2.75) is 6.54 Å². The van der Waals surface area contributed by atoms with Crippen LogP contribution in [0.2, 0.25) is 0 Å². The lowest BCUT2D eigenvalue weighted by Gasteiger charge is -2.04. The third-order valence-electron chi connectivity index (χ3n) is 2.05. The molecule has 5 nitrogen and oxygen atoms in total. The number of hydrogen-bond acceptors (Lipinski definition) is 5. The lowest BCUT2D eigenvalue weighted by atomic mass is 10.2. The number of nitrogens with two attached hydrogens (primary N) is 1. The predicted octanol–water partition coefficient (Wildman–Crippen LogP) is 1.25. The number of aromatic nitrogens is 2. The van der Waals surface area contributed by atoms with Crippen LogP contribution < -0.4 is 11.1 Å². The Morgan fingerprint density at radius 1 is 1.38 bits per heavy atom. The zero-order chi connectivity index (χ0) is 11.4. The van der Waals surface area contributed by atoms with E-state index in [0.29, 0.717) is 12.1 Å². The van der Waals surface area contributed by atoms with Gasteiger partial charge in [0.05, 0.1) is 12.2 Å². The van der Waals surface area contributed by atoms with E-state index in [2.05, 4.69) is 14.9 Å². The number of benzene rings is 1. The van der Waals surface area contributed by atoms with Gasteiger partial charge >= 0.3 is 0 Å². The molecule has 82 valence electrons.